The number of nitrogens with zero attached hydrogens (tertiary/aromatic N) is 4. The highest BCUT2D eigenvalue weighted by molar-refractivity contribution is 7.17. The van der Waals surface area contributed by atoms with Gasteiger partial charge in [0.15, 0.2) is 5.75 Å². The number of anilines is 1. The van der Waals surface area contributed by atoms with Gasteiger partial charge in [-0.25, -0.2) is 4.98 Å². The summed E-state index contributed by atoms with van der Waals surface area (Å²) in [6, 6.07) is 8.95. The molecule has 1 saturated heterocycles. The molecular formula is C22H26N5O2PS. The van der Waals surface area contributed by atoms with Crippen molar-refractivity contribution in [2.75, 3.05) is 25.0 Å². The zero-order valence-corrected chi connectivity index (χ0v) is 19.8. The van der Waals surface area contributed by atoms with Crippen LogP contribution < -0.4 is 10.5 Å². The Morgan fingerprint density at radius 1 is 1.26 bits per heavy atom. The highest BCUT2D eigenvalue weighted by atomic mass is 32.1. The van der Waals surface area contributed by atoms with Crippen LogP contribution >= 0.6 is 20.6 Å². The van der Waals surface area contributed by atoms with Gasteiger partial charge < -0.3 is 19.6 Å². The van der Waals surface area contributed by atoms with Crippen LogP contribution in [0.1, 0.15) is 13.8 Å². The normalized spacial score (nSPS) is 20.2. The van der Waals surface area contributed by atoms with Crippen LogP contribution in [-0.4, -0.2) is 56.8 Å². The first-order valence-corrected chi connectivity index (χ1v) is 12.1. The van der Waals surface area contributed by atoms with Gasteiger partial charge in [0.2, 0.25) is 0 Å². The summed E-state index contributed by atoms with van der Waals surface area (Å²) in [5.74, 6) is 0.392. The van der Waals surface area contributed by atoms with Gasteiger partial charge in [-0.1, -0.05) is 0 Å². The Bertz CT molecular complexity index is 1330. The van der Waals surface area contributed by atoms with E-state index in [1.165, 1.54) is 11.3 Å². The van der Waals surface area contributed by atoms with Gasteiger partial charge in [0.25, 0.3) is 5.56 Å². The molecule has 4 heterocycles. The molecule has 162 valence electrons. The lowest BCUT2D eigenvalue weighted by Gasteiger charge is -2.43. The van der Waals surface area contributed by atoms with Crippen LogP contribution in [0.5, 0.6) is 5.75 Å². The monoisotopic (exact) mass is 455 g/mol. The third-order valence-electron chi connectivity index (χ3n) is 6.46. The number of fused-ring (bicyclic) bond motifs is 2. The Balaban J connectivity index is 1.60. The van der Waals surface area contributed by atoms with Crippen molar-refractivity contribution in [2.45, 2.75) is 32.2 Å². The zero-order chi connectivity index (χ0) is 21.9. The number of nitrogens with one attached hydrogen (secondary N) is 1. The van der Waals surface area contributed by atoms with E-state index in [2.05, 4.69) is 62.0 Å². The molecule has 4 aromatic rings. The number of aromatic amines is 1. The molecule has 1 fully saturated rings. The molecule has 1 aromatic carbocycles. The third kappa shape index (κ3) is 3.25. The first-order valence-electron chi connectivity index (χ1n) is 10.4. The number of hydrogen-bond acceptors (Lipinski definition) is 6. The Labute approximate surface area is 186 Å². The number of likely N-dealkylation sites (N-methyl/N-ethyl adjacent to an activating group) is 1. The number of pyridine rings is 1. The fourth-order valence-electron chi connectivity index (χ4n) is 4.47. The molecule has 2 N–H and O–H groups in total. The molecule has 0 aliphatic carbocycles. The minimum absolute atomic E-state index is 0.00861. The summed E-state index contributed by atoms with van der Waals surface area (Å²) >= 11 is 1.42. The van der Waals surface area contributed by atoms with Crippen molar-refractivity contribution in [3.63, 3.8) is 0 Å². The molecule has 0 saturated carbocycles. The Kier molecular flexibility index (Phi) is 5.04. The summed E-state index contributed by atoms with van der Waals surface area (Å²) in [6.07, 6.45) is 0.448. The van der Waals surface area contributed by atoms with Gasteiger partial charge >= 0.3 is 0 Å². The molecule has 0 amide bonds. The molecule has 0 spiro atoms. The van der Waals surface area contributed by atoms with Crippen LogP contribution in [0.4, 0.5) is 5.69 Å². The van der Waals surface area contributed by atoms with Gasteiger partial charge in [0.1, 0.15) is 11.4 Å². The van der Waals surface area contributed by atoms with Gasteiger partial charge in [0, 0.05) is 37.1 Å². The minimum Gasteiger partial charge on any atom is -0.505 e. The van der Waals surface area contributed by atoms with E-state index in [4.69, 9.17) is 0 Å². The summed E-state index contributed by atoms with van der Waals surface area (Å²) in [5.41, 5.74) is 3.47. The number of piperazine rings is 1. The van der Waals surface area contributed by atoms with Crippen LogP contribution in [0.15, 0.2) is 34.4 Å². The van der Waals surface area contributed by atoms with Crippen LogP contribution in [0.3, 0.4) is 0 Å². The molecule has 3 aromatic heterocycles. The number of rotatable bonds is 3. The second-order valence-corrected chi connectivity index (χ2v) is 9.61. The fourth-order valence-corrected chi connectivity index (χ4v) is 5.68. The van der Waals surface area contributed by atoms with Crippen LogP contribution in [0, 0.1) is 0 Å². The van der Waals surface area contributed by atoms with Gasteiger partial charge in [0.05, 0.1) is 21.3 Å². The molecule has 7 nitrogen and oxygen atoms in total. The number of imidazole rings is 1. The molecule has 3 atom stereocenters. The largest absolute Gasteiger partial charge is 0.505 e. The summed E-state index contributed by atoms with van der Waals surface area (Å²) in [4.78, 5) is 25.9. The van der Waals surface area contributed by atoms with Crippen LogP contribution in [0.2, 0.25) is 0 Å². The minimum atomic E-state index is -0.251. The smallest absolute Gasteiger partial charge is 0.266 e. The van der Waals surface area contributed by atoms with Crippen molar-refractivity contribution >= 4 is 47.5 Å². The first kappa shape index (κ1) is 20.5. The molecule has 1 aliphatic rings. The molecule has 1 unspecified atom stereocenters. The average Bonchev–Trinajstić information content (AvgIpc) is 3.38. The van der Waals surface area contributed by atoms with Crippen molar-refractivity contribution in [1.82, 2.24) is 19.4 Å². The van der Waals surface area contributed by atoms with E-state index in [-0.39, 0.29) is 16.9 Å². The lowest BCUT2D eigenvalue weighted by molar-refractivity contribution is 0.170. The molecule has 1 aliphatic heterocycles. The topological polar surface area (TPSA) is 77.4 Å². The number of thiophene rings is 1. The number of hydrogen-bond donors (Lipinski definition) is 2. The maximum atomic E-state index is 13.1. The summed E-state index contributed by atoms with van der Waals surface area (Å²) in [6.45, 7) is 6.41. The molecule has 0 radical (unpaired) electrons. The standard InChI is InChI=1S/C22H26N5O2PS/c1-12-9-26(10-13(2)25(12)3)14-4-5-15-16(8-14)24-21(23-15)18-19(28)20-17(6-7-31-20)27(11-30)22(18)29/h4-8,12-13,28H,9-11,30H2,1-3H3,(H,23,24)/t12-,13+. The first-order chi connectivity index (χ1) is 14.9. The lowest BCUT2D eigenvalue weighted by atomic mass is 10.1. The molecule has 31 heavy (non-hydrogen) atoms. The predicted molar refractivity (Wildman–Crippen MR) is 131 cm³/mol. The highest BCUT2D eigenvalue weighted by Gasteiger charge is 2.27. The number of aromatic hydroxyl groups is 1. The quantitative estimate of drug-likeness (QED) is 0.461. The van der Waals surface area contributed by atoms with E-state index in [9.17, 15) is 9.90 Å². The van der Waals surface area contributed by atoms with Crippen LogP contribution in [0.25, 0.3) is 32.6 Å². The predicted octanol–water partition coefficient (Wildman–Crippen LogP) is 3.67. The maximum Gasteiger partial charge on any atom is 0.266 e. The maximum absolute atomic E-state index is 13.1. The third-order valence-corrected chi connectivity index (χ3v) is 7.73. The van der Waals surface area contributed by atoms with Gasteiger partial charge in [-0.05, 0) is 50.5 Å². The average molecular weight is 456 g/mol. The second kappa shape index (κ2) is 7.62. The van der Waals surface area contributed by atoms with Crippen molar-refractivity contribution in [3.8, 4) is 17.1 Å². The number of benzene rings is 1. The van der Waals surface area contributed by atoms with Crippen LogP contribution in [-0.2, 0) is 6.29 Å². The van der Waals surface area contributed by atoms with E-state index >= 15 is 0 Å². The van der Waals surface area contributed by atoms with Crippen molar-refractivity contribution < 1.29 is 5.11 Å². The van der Waals surface area contributed by atoms with Crippen molar-refractivity contribution in [2.24, 2.45) is 0 Å². The Morgan fingerprint density at radius 3 is 2.71 bits per heavy atom. The lowest BCUT2D eigenvalue weighted by Crippen LogP contribution is -2.55. The SMILES string of the molecule is C[C@@H]1CN(c2ccc3nc(-c4c(O)c5sccc5n(CP)c4=O)[nH]c3c2)C[C@H](C)N1C. The fraction of sp³-hybridized carbons (Fsp3) is 0.364. The van der Waals surface area contributed by atoms with E-state index in [1.807, 2.05) is 17.5 Å². The summed E-state index contributed by atoms with van der Waals surface area (Å²) in [5, 5.41) is 12.8. The van der Waals surface area contributed by atoms with E-state index in [0.717, 1.165) is 35.3 Å². The van der Waals surface area contributed by atoms with E-state index in [0.29, 0.717) is 28.9 Å². The molecule has 5 rings (SSSR count). The van der Waals surface area contributed by atoms with Gasteiger partial charge in [-0.15, -0.1) is 20.6 Å². The number of aromatic nitrogens is 3. The van der Waals surface area contributed by atoms with E-state index < -0.39 is 0 Å². The van der Waals surface area contributed by atoms with Gasteiger partial charge in [-0.2, -0.15) is 0 Å². The van der Waals surface area contributed by atoms with E-state index in [1.54, 1.807) is 4.57 Å². The van der Waals surface area contributed by atoms with Crippen molar-refractivity contribution in [3.05, 3.63) is 40.0 Å². The van der Waals surface area contributed by atoms with Gasteiger partial charge in [-0.3, -0.25) is 9.69 Å². The molecule has 9 heteroatoms. The number of H-pyrrole nitrogens is 1. The Morgan fingerprint density at radius 2 is 2.00 bits per heavy atom. The Hall–Kier alpha value is -2.41. The zero-order valence-electron chi connectivity index (χ0n) is 17.8. The molecule has 0 bridgehead atoms. The van der Waals surface area contributed by atoms with Crippen molar-refractivity contribution in [1.29, 1.82) is 0 Å². The molecular weight excluding hydrogens is 429 g/mol. The summed E-state index contributed by atoms with van der Waals surface area (Å²) < 4.78 is 2.34. The highest BCUT2D eigenvalue weighted by Crippen LogP contribution is 2.36. The second-order valence-electron chi connectivity index (χ2n) is 8.33. The summed E-state index contributed by atoms with van der Waals surface area (Å²) in [7, 11) is 4.76.